The van der Waals surface area contributed by atoms with Crippen molar-refractivity contribution in [3.63, 3.8) is 0 Å². The molecule has 98 valence electrons. The molecule has 0 bridgehead atoms. The Bertz CT molecular complexity index is 435. The van der Waals surface area contributed by atoms with Crippen molar-refractivity contribution in [3.8, 4) is 5.75 Å². The number of nitrogens with one attached hydrogen (secondary N) is 1. The van der Waals surface area contributed by atoms with Crippen LogP contribution in [0.3, 0.4) is 0 Å². The Balaban J connectivity index is 1.97. The van der Waals surface area contributed by atoms with Crippen LogP contribution >= 0.6 is 0 Å². The molecule has 2 heteroatoms. The van der Waals surface area contributed by atoms with Gasteiger partial charge in [-0.15, -0.1) is 0 Å². The molecule has 0 fully saturated rings. The average Bonchev–Trinajstić information content (AvgIpc) is 2.63. The van der Waals surface area contributed by atoms with Gasteiger partial charge < -0.3 is 10.1 Å². The summed E-state index contributed by atoms with van der Waals surface area (Å²) in [4.78, 5) is 0. The van der Waals surface area contributed by atoms with Crippen LogP contribution in [0.15, 0.2) is 30.4 Å². The number of para-hydroxylation sites is 1. The second-order valence-electron chi connectivity index (χ2n) is 5.48. The van der Waals surface area contributed by atoms with Crippen LogP contribution in [0.5, 0.6) is 5.75 Å². The van der Waals surface area contributed by atoms with Gasteiger partial charge >= 0.3 is 0 Å². The van der Waals surface area contributed by atoms with E-state index in [1.165, 1.54) is 11.1 Å². The molecule has 1 aliphatic heterocycles. The zero-order valence-electron chi connectivity index (χ0n) is 11.6. The third-order valence-corrected chi connectivity index (χ3v) is 3.21. The predicted molar refractivity (Wildman–Crippen MR) is 76.0 cm³/mol. The van der Waals surface area contributed by atoms with Gasteiger partial charge in [0, 0.05) is 18.5 Å². The molecule has 0 spiro atoms. The van der Waals surface area contributed by atoms with Crippen molar-refractivity contribution >= 4 is 0 Å². The number of fused-ring (bicyclic) bond motifs is 1. The van der Waals surface area contributed by atoms with Gasteiger partial charge in [-0.05, 0) is 39.3 Å². The fraction of sp³-hybridized carbons (Fsp3) is 0.500. The number of rotatable bonds is 5. The first kappa shape index (κ1) is 13.2. The molecule has 0 amide bonds. The average molecular weight is 245 g/mol. The molecular weight excluding hydrogens is 222 g/mol. The van der Waals surface area contributed by atoms with E-state index in [9.17, 15) is 0 Å². The summed E-state index contributed by atoms with van der Waals surface area (Å²) in [5.74, 6) is 1.10. The molecule has 0 atom stereocenters. The van der Waals surface area contributed by atoms with E-state index in [2.05, 4.69) is 56.4 Å². The Morgan fingerprint density at radius 3 is 3.00 bits per heavy atom. The van der Waals surface area contributed by atoms with Crippen molar-refractivity contribution in [1.29, 1.82) is 0 Å². The van der Waals surface area contributed by atoms with Crippen LogP contribution in [0.4, 0.5) is 0 Å². The number of benzene rings is 1. The topological polar surface area (TPSA) is 21.3 Å². The first-order chi connectivity index (χ1) is 8.62. The van der Waals surface area contributed by atoms with Gasteiger partial charge in [0.2, 0.25) is 0 Å². The van der Waals surface area contributed by atoms with Crippen LogP contribution in [0.1, 0.15) is 38.3 Å². The molecule has 2 rings (SSSR count). The third kappa shape index (κ3) is 3.14. The normalized spacial score (nSPS) is 16.8. The number of hydrogen-bond acceptors (Lipinski definition) is 2. The molecule has 0 unspecified atom stereocenters. The third-order valence-electron chi connectivity index (χ3n) is 3.21. The van der Waals surface area contributed by atoms with Crippen LogP contribution in [-0.4, -0.2) is 12.1 Å². The van der Waals surface area contributed by atoms with Gasteiger partial charge in [0.25, 0.3) is 0 Å². The van der Waals surface area contributed by atoms with E-state index >= 15 is 0 Å². The smallest absolute Gasteiger partial charge is 0.127 e. The molecule has 18 heavy (non-hydrogen) atoms. The minimum absolute atomic E-state index is 0.0522. The van der Waals surface area contributed by atoms with Crippen molar-refractivity contribution in [2.24, 2.45) is 0 Å². The Kier molecular flexibility index (Phi) is 4.07. The molecule has 1 aliphatic rings. The predicted octanol–water partition coefficient (Wildman–Crippen LogP) is 3.46. The minimum atomic E-state index is -0.0522. The van der Waals surface area contributed by atoms with Crippen LogP contribution < -0.4 is 10.1 Å². The number of ether oxygens (including phenoxy) is 1. The zero-order chi connectivity index (χ0) is 13.0. The maximum atomic E-state index is 6.05. The van der Waals surface area contributed by atoms with E-state index in [1.54, 1.807) is 0 Å². The summed E-state index contributed by atoms with van der Waals surface area (Å²) < 4.78 is 6.05. The SMILES string of the molecule is C/C=C/CCNCc1cccc2c1OC(C)(C)C2. The molecule has 1 aromatic carbocycles. The highest BCUT2D eigenvalue weighted by Crippen LogP contribution is 2.37. The Labute approximate surface area is 110 Å². The highest BCUT2D eigenvalue weighted by atomic mass is 16.5. The van der Waals surface area contributed by atoms with Crippen LogP contribution in [-0.2, 0) is 13.0 Å². The molecule has 0 aromatic heterocycles. The van der Waals surface area contributed by atoms with Crippen LogP contribution in [0, 0.1) is 0 Å². The maximum absolute atomic E-state index is 6.05. The van der Waals surface area contributed by atoms with Gasteiger partial charge in [-0.3, -0.25) is 0 Å². The lowest BCUT2D eigenvalue weighted by atomic mass is 10.0. The first-order valence-corrected chi connectivity index (χ1v) is 6.74. The van der Waals surface area contributed by atoms with Gasteiger partial charge in [-0.25, -0.2) is 0 Å². The zero-order valence-corrected chi connectivity index (χ0v) is 11.6. The number of allylic oxidation sites excluding steroid dienone is 1. The van der Waals surface area contributed by atoms with Gasteiger partial charge in [-0.1, -0.05) is 30.4 Å². The largest absolute Gasteiger partial charge is 0.487 e. The fourth-order valence-corrected chi connectivity index (χ4v) is 2.39. The molecule has 0 saturated carbocycles. The van der Waals surface area contributed by atoms with Crippen LogP contribution in [0.25, 0.3) is 0 Å². The molecule has 0 saturated heterocycles. The van der Waals surface area contributed by atoms with Gasteiger partial charge in [-0.2, -0.15) is 0 Å². The highest BCUT2D eigenvalue weighted by molar-refractivity contribution is 5.45. The first-order valence-electron chi connectivity index (χ1n) is 6.74. The van der Waals surface area contributed by atoms with Crippen molar-refractivity contribution in [3.05, 3.63) is 41.5 Å². The molecule has 1 heterocycles. The second-order valence-corrected chi connectivity index (χ2v) is 5.48. The molecular formula is C16H23NO. The Morgan fingerprint density at radius 1 is 1.39 bits per heavy atom. The summed E-state index contributed by atoms with van der Waals surface area (Å²) in [5.41, 5.74) is 2.56. The van der Waals surface area contributed by atoms with Gasteiger partial charge in [0.1, 0.15) is 11.4 Å². The quantitative estimate of drug-likeness (QED) is 0.633. The van der Waals surface area contributed by atoms with Gasteiger partial charge in [0.05, 0.1) is 0 Å². The molecule has 2 nitrogen and oxygen atoms in total. The summed E-state index contributed by atoms with van der Waals surface area (Å²) in [6.45, 7) is 8.25. The second kappa shape index (κ2) is 5.57. The molecule has 0 radical (unpaired) electrons. The van der Waals surface area contributed by atoms with Crippen molar-refractivity contribution in [2.45, 2.75) is 45.8 Å². The lowest BCUT2D eigenvalue weighted by Gasteiger charge is -2.18. The summed E-state index contributed by atoms with van der Waals surface area (Å²) in [6, 6.07) is 6.46. The fourth-order valence-electron chi connectivity index (χ4n) is 2.39. The molecule has 1 aromatic rings. The van der Waals surface area contributed by atoms with E-state index in [0.29, 0.717) is 0 Å². The number of hydrogen-bond donors (Lipinski definition) is 1. The maximum Gasteiger partial charge on any atom is 0.127 e. The molecule has 1 N–H and O–H groups in total. The van der Waals surface area contributed by atoms with Crippen molar-refractivity contribution < 1.29 is 4.74 Å². The lowest BCUT2D eigenvalue weighted by Crippen LogP contribution is -2.25. The Morgan fingerprint density at radius 2 is 2.22 bits per heavy atom. The van der Waals surface area contributed by atoms with E-state index < -0.39 is 0 Å². The Hall–Kier alpha value is -1.28. The minimum Gasteiger partial charge on any atom is -0.487 e. The van der Waals surface area contributed by atoms with E-state index in [-0.39, 0.29) is 5.60 Å². The summed E-state index contributed by atoms with van der Waals surface area (Å²) >= 11 is 0. The standard InChI is InChI=1S/C16H23NO/c1-4-5-6-10-17-12-14-9-7-8-13-11-16(2,3)18-15(13)14/h4-5,7-9,17H,6,10-12H2,1-3H3/b5-4+. The van der Waals surface area contributed by atoms with Crippen molar-refractivity contribution in [1.82, 2.24) is 5.32 Å². The summed E-state index contributed by atoms with van der Waals surface area (Å²) in [7, 11) is 0. The highest BCUT2D eigenvalue weighted by Gasteiger charge is 2.31. The van der Waals surface area contributed by atoms with E-state index in [1.807, 2.05) is 0 Å². The van der Waals surface area contributed by atoms with Gasteiger partial charge in [0.15, 0.2) is 0 Å². The van der Waals surface area contributed by atoms with Crippen molar-refractivity contribution in [2.75, 3.05) is 6.54 Å². The lowest BCUT2D eigenvalue weighted by molar-refractivity contribution is 0.137. The molecule has 0 aliphatic carbocycles. The van der Waals surface area contributed by atoms with E-state index in [0.717, 1.165) is 31.7 Å². The monoisotopic (exact) mass is 245 g/mol. The summed E-state index contributed by atoms with van der Waals surface area (Å²) in [6.07, 6.45) is 6.36. The van der Waals surface area contributed by atoms with Crippen LogP contribution in [0.2, 0.25) is 0 Å². The van der Waals surface area contributed by atoms with E-state index in [4.69, 9.17) is 4.74 Å². The summed E-state index contributed by atoms with van der Waals surface area (Å²) in [5, 5.41) is 3.46.